The Morgan fingerprint density at radius 3 is 2.05 bits per heavy atom. The largest absolute Gasteiger partial charge is 0.289 e. The van der Waals surface area contributed by atoms with Gasteiger partial charge in [-0.25, -0.2) is 0 Å². The van der Waals surface area contributed by atoms with Crippen LogP contribution in [-0.4, -0.2) is 11.5 Å². The lowest BCUT2D eigenvalue weighted by atomic mass is 9.82. The average Bonchev–Trinajstić information content (AvgIpc) is 2.57. The molecule has 0 unspecified atom stereocenters. The van der Waals surface area contributed by atoms with E-state index in [0.29, 0.717) is 16.8 Å². The monoisotopic (exact) mass is 282 g/mol. The highest BCUT2D eigenvalue weighted by atomic mass is 16.1. The summed E-state index contributed by atoms with van der Waals surface area (Å²) in [5, 5.41) is 11.1. The van der Waals surface area contributed by atoms with E-state index in [1.54, 1.807) is 6.07 Å². The van der Waals surface area contributed by atoms with Gasteiger partial charge in [0.05, 0.1) is 5.71 Å². The van der Waals surface area contributed by atoms with Gasteiger partial charge in [0.1, 0.15) is 0 Å². The number of fused-ring (bicyclic) bond motifs is 3. The number of hydrogen-bond acceptors (Lipinski definition) is 3. The van der Waals surface area contributed by atoms with Gasteiger partial charge in [0, 0.05) is 22.3 Å². The van der Waals surface area contributed by atoms with E-state index in [1.165, 1.54) is 0 Å². The van der Waals surface area contributed by atoms with E-state index < -0.39 is 0 Å². The number of carbonyl (C=O) groups excluding carboxylic acids is 1. The Balaban J connectivity index is 2.12. The third-order valence-corrected chi connectivity index (χ3v) is 3.97. The number of nitrogens with zero attached hydrogens (tertiary/aromatic N) is 2. The Labute approximate surface area is 127 Å². The average molecular weight is 282 g/mol. The zero-order chi connectivity index (χ0) is 15.1. The molecule has 0 saturated heterocycles. The molecule has 22 heavy (non-hydrogen) atoms. The van der Waals surface area contributed by atoms with Gasteiger partial charge in [0.25, 0.3) is 0 Å². The fraction of sp³-hybridized carbons (Fsp3) is 0. The third-order valence-electron chi connectivity index (χ3n) is 3.97. The molecule has 102 valence electrons. The highest BCUT2D eigenvalue weighted by molar-refractivity contribution is 6.31. The third kappa shape index (κ3) is 1.68. The molecule has 0 fully saturated rings. The quantitative estimate of drug-likeness (QED) is 0.462. The van der Waals surface area contributed by atoms with Crippen molar-refractivity contribution in [1.82, 2.24) is 0 Å². The minimum Gasteiger partial charge on any atom is -0.289 e. The van der Waals surface area contributed by atoms with Gasteiger partial charge in [-0.1, -0.05) is 48.5 Å². The number of benzene rings is 3. The fourth-order valence-electron chi connectivity index (χ4n) is 2.97. The van der Waals surface area contributed by atoms with Gasteiger partial charge in [-0.2, -0.15) is 10.3 Å². The SMILES string of the molecule is N#CN=C1c2ccccc2C(=O)c2cc3ccccc3cc21. The van der Waals surface area contributed by atoms with Crippen molar-refractivity contribution in [3.63, 3.8) is 0 Å². The van der Waals surface area contributed by atoms with Crippen molar-refractivity contribution in [2.75, 3.05) is 0 Å². The summed E-state index contributed by atoms with van der Waals surface area (Å²) < 4.78 is 0. The standard InChI is InChI=1S/C19H10N2O/c20-11-21-18-14-7-3-4-8-15(14)19(22)17-10-13-6-2-1-5-12(13)9-16(17)18/h1-10H. The van der Waals surface area contributed by atoms with Crippen LogP contribution in [0.4, 0.5) is 0 Å². The van der Waals surface area contributed by atoms with Crippen molar-refractivity contribution in [3.8, 4) is 6.19 Å². The molecule has 3 heteroatoms. The Bertz CT molecular complexity index is 1010. The van der Waals surface area contributed by atoms with Crippen LogP contribution >= 0.6 is 0 Å². The summed E-state index contributed by atoms with van der Waals surface area (Å²) in [4.78, 5) is 16.7. The van der Waals surface area contributed by atoms with Crippen LogP contribution in [0.5, 0.6) is 0 Å². The van der Waals surface area contributed by atoms with Crippen molar-refractivity contribution in [1.29, 1.82) is 5.26 Å². The highest BCUT2D eigenvalue weighted by Crippen LogP contribution is 2.31. The predicted octanol–water partition coefficient (Wildman–Crippen LogP) is 3.70. The molecular formula is C19H10N2O. The number of ketones is 1. The Morgan fingerprint density at radius 1 is 0.773 bits per heavy atom. The number of hydrogen-bond donors (Lipinski definition) is 0. The van der Waals surface area contributed by atoms with Crippen LogP contribution in [0.1, 0.15) is 27.0 Å². The van der Waals surface area contributed by atoms with E-state index in [2.05, 4.69) is 4.99 Å². The molecule has 0 N–H and O–H groups in total. The zero-order valence-corrected chi connectivity index (χ0v) is 11.6. The second-order valence-corrected chi connectivity index (χ2v) is 5.18. The van der Waals surface area contributed by atoms with Crippen LogP contribution in [0.15, 0.2) is 65.7 Å². The summed E-state index contributed by atoms with van der Waals surface area (Å²) >= 11 is 0. The van der Waals surface area contributed by atoms with Crippen molar-refractivity contribution >= 4 is 22.3 Å². The molecule has 4 rings (SSSR count). The minimum absolute atomic E-state index is 0.0201. The summed E-state index contributed by atoms with van der Waals surface area (Å²) in [5.41, 5.74) is 3.21. The van der Waals surface area contributed by atoms with Gasteiger partial charge in [-0.3, -0.25) is 4.79 Å². The molecule has 0 amide bonds. The number of nitriles is 1. The molecule has 0 radical (unpaired) electrons. The summed E-state index contributed by atoms with van der Waals surface area (Å²) in [5.74, 6) is -0.0201. The number of rotatable bonds is 0. The van der Waals surface area contributed by atoms with E-state index >= 15 is 0 Å². The molecule has 0 bridgehead atoms. The van der Waals surface area contributed by atoms with E-state index in [4.69, 9.17) is 5.26 Å². The van der Waals surface area contributed by atoms with E-state index in [9.17, 15) is 4.79 Å². The maximum Gasteiger partial charge on any atom is 0.206 e. The molecule has 0 spiro atoms. The molecule has 1 aliphatic carbocycles. The van der Waals surface area contributed by atoms with Gasteiger partial charge in [-0.05, 0) is 22.9 Å². The van der Waals surface area contributed by atoms with Gasteiger partial charge < -0.3 is 0 Å². The van der Waals surface area contributed by atoms with Gasteiger partial charge in [-0.15, -0.1) is 0 Å². The summed E-state index contributed by atoms with van der Waals surface area (Å²) in [6.45, 7) is 0. The lowest BCUT2D eigenvalue weighted by Gasteiger charge is -2.20. The molecule has 0 heterocycles. The molecule has 0 aliphatic heterocycles. The molecule has 3 aromatic rings. The van der Waals surface area contributed by atoms with E-state index in [-0.39, 0.29) is 5.78 Å². The summed E-state index contributed by atoms with van der Waals surface area (Å²) in [7, 11) is 0. The predicted molar refractivity (Wildman–Crippen MR) is 85.1 cm³/mol. The lowest BCUT2D eigenvalue weighted by Crippen LogP contribution is -2.21. The second-order valence-electron chi connectivity index (χ2n) is 5.18. The van der Waals surface area contributed by atoms with Crippen molar-refractivity contribution in [2.24, 2.45) is 4.99 Å². The molecule has 3 nitrogen and oxygen atoms in total. The fourth-order valence-corrected chi connectivity index (χ4v) is 2.97. The normalized spacial score (nSPS) is 14.5. The van der Waals surface area contributed by atoms with Gasteiger partial charge in [0.2, 0.25) is 6.19 Å². The van der Waals surface area contributed by atoms with Crippen molar-refractivity contribution in [2.45, 2.75) is 0 Å². The van der Waals surface area contributed by atoms with Gasteiger partial charge in [0.15, 0.2) is 5.78 Å². The van der Waals surface area contributed by atoms with Gasteiger partial charge >= 0.3 is 0 Å². The Hall–Kier alpha value is -3.25. The molecule has 1 aliphatic rings. The maximum atomic E-state index is 12.8. The Morgan fingerprint density at radius 2 is 1.36 bits per heavy atom. The maximum absolute atomic E-state index is 12.8. The van der Waals surface area contributed by atoms with Crippen LogP contribution in [0.25, 0.3) is 10.8 Å². The van der Waals surface area contributed by atoms with Crippen LogP contribution < -0.4 is 0 Å². The molecular weight excluding hydrogens is 272 g/mol. The summed E-state index contributed by atoms with van der Waals surface area (Å²) in [6.07, 6.45) is 1.86. The first-order valence-electron chi connectivity index (χ1n) is 6.93. The first-order chi connectivity index (χ1) is 10.8. The highest BCUT2D eigenvalue weighted by Gasteiger charge is 2.28. The van der Waals surface area contributed by atoms with Crippen LogP contribution in [-0.2, 0) is 0 Å². The smallest absolute Gasteiger partial charge is 0.206 e. The molecule has 3 aromatic carbocycles. The second kappa shape index (κ2) is 4.64. The zero-order valence-electron chi connectivity index (χ0n) is 11.6. The minimum atomic E-state index is -0.0201. The number of aliphatic imine (C=N–C) groups is 1. The first-order valence-corrected chi connectivity index (χ1v) is 6.93. The van der Waals surface area contributed by atoms with Crippen LogP contribution in [0.2, 0.25) is 0 Å². The topological polar surface area (TPSA) is 53.2 Å². The first kappa shape index (κ1) is 12.5. The Kier molecular flexibility index (Phi) is 2.64. The molecule has 0 atom stereocenters. The molecule has 0 aromatic heterocycles. The molecule has 0 saturated carbocycles. The summed E-state index contributed by atoms with van der Waals surface area (Å²) in [6, 6.07) is 19.0. The lowest BCUT2D eigenvalue weighted by molar-refractivity contribution is 0.103. The van der Waals surface area contributed by atoms with Crippen LogP contribution in [0.3, 0.4) is 0 Å². The van der Waals surface area contributed by atoms with Crippen molar-refractivity contribution < 1.29 is 4.79 Å². The van der Waals surface area contributed by atoms with E-state index in [0.717, 1.165) is 21.9 Å². The van der Waals surface area contributed by atoms with E-state index in [1.807, 2.05) is 60.8 Å². The van der Waals surface area contributed by atoms with Crippen molar-refractivity contribution in [3.05, 3.63) is 82.9 Å². The number of carbonyl (C=O) groups is 1. The van der Waals surface area contributed by atoms with Crippen LogP contribution in [0, 0.1) is 11.5 Å².